The van der Waals surface area contributed by atoms with E-state index in [0.29, 0.717) is 23.5 Å². The number of benzene rings is 2. The molecular formula is C18H21BrN2O4S. The first kappa shape index (κ1) is 20.3. The van der Waals surface area contributed by atoms with Crippen LogP contribution >= 0.6 is 15.9 Å². The molecule has 1 N–H and O–H groups in total. The van der Waals surface area contributed by atoms with E-state index >= 15 is 0 Å². The zero-order valence-corrected chi connectivity index (χ0v) is 17.2. The molecule has 2 rings (SSSR count). The zero-order valence-electron chi connectivity index (χ0n) is 14.8. The third-order valence-electron chi connectivity index (χ3n) is 3.77. The molecule has 0 unspecified atom stereocenters. The van der Waals surface area contributed by atoms with E-state index in [0.717, 1.165) is 10.7 Å². The standard InChI is InChI=1S/C18H21BrN2O4S/c1-4-17(18(22)20-16-8-6-5-7-15(16)19)25-14-11-9-13(10-12-14)21(2)26(3,23)24/h5-12,17H,4H2,1-3H3,(H,20,22)/t17-/m0/s1. The molecule has 0 saturated carbocycles. The van der Waals surface area contributed by atoms with Crippen LogP contribution in [0.4, 0.5) is 11.4 Å². The van der Waals surface area contributed by atoms with Crippen LogP contribution in [0, 0.1) is 0 Å². The predicted molar refractivity (Wildman–Crippen MR) is 107 cm³/mol. The molecule has 2 aromatic carbocycles. The van der Waals surface area contributed by atoms with Crippen molar-refractivity contribution in [2.75, 3.05) is 22.9 Å². The maximum atomic E-state index is 12.5. The van der Waals surface area contributed by atoms with Gasteiger partial charge in [-0.05, 0) is 58.7 Å². The summed E-state index contributed by atoms with van der Waals surface area (Å²) in [6.45, 7) is 1.86. The Morgan fingerprint density at radius 3 is 2.35 bits per heavy atom. The second kappa shape index (κ2) is 8.55. The van der Waals surface area contributed by atoms with Crippen molar-refractivity contribution in [1.82, 2.24) is 0 Å². The molecule has 0 spiro atoms. The molecule has 0 aliphatic carbocycles. The third kappa shape index (κ3) is 5.22. The smallest absolute Gasteiger partial charge is 0.265 e. The number of nitrogens with one attached hydrogen (secondary N) is 1. The lowest BCUT2D eigenvalue weighted by molar-refractivity contribution is -0.122. The Hall–Kier alpha value is -2.06. The summed E-state index contributed by atoms with van der Waals surface area (Å²) >= 11 is 3.39. The molecule has 1 amide bonds. The Morgan fingerprint density at radius 2 is 1.81 bits per heavy atom. The van der Waals surface area contributed by atoms with Gasteiger partial charge in [-0.2, -0.15) is 0 Å². The fraction of sp³-hybridized carbons (Fsp3) is 0.278. The summed E-state index contributed by atoms with van der Waals surface area (Å²) in [6, 6.07) is 13.9. The molecule has 1 atom stereocenters. The first-order valence-electron chi connectivity index (χ1n) is 7.98. The molecule has 0 heterocycles. The number of halogens is 1. The van der Waals surface area contributed by atoms with Crippen LogP contribution in [-0.4, -0.2) is 33.7 Å². The second-order valence-corrected chi connectivity index (χ2v) is 8.58. The number of hydrogen-bond donors (Lipinski definition) is 1. The predicted octanol–water partition coefficient (Wildman–Crippen LogP) is 3.64. The molecule has 140 valence electrons. The summed E-state index contributed by atoms with van der Waals surface area (Å²) in [4.78, 5) is 12.5. The number of nitrogens with zero attached hydrogens (tertiary/aromatic N) is 1. The van der Waals surface area contributed by atoms with Crippen LogP contribution in [0.2, 0.25) is 0 Å². The van der Waals surface area contributed by atoms with E-state index in [-0.39, 0.29) is 5.91 Å². The lowest BCUT2D eigenvalue weighted by Gasteiger charge is -2.19. The van der Waals surface area contributed by atoms with Crippen LogP contribution in [0.5, 0.6) is 5.75 Å². The molecule has 0 aliphatic heterocycles. The average Bonchev–Trinajstić information content (AvgIpc) is 2.60. The number of hydrogen-bond acceptors (Lipinski definition) is 4. The number of amides is 1. The van der Waals surface area contributed by atoms with E-state index < -0.39 is 16.1 Å². The van der Waals surface area contributed by atoms with Gasteiger partial charge in [0.05, 0.1) is 17.6 Å². The van der Waals surface area contributed by atoms with Crippen LogP contribution in [0.3, 0.4) is 0 Å². The summed E-state index contributed by atoms with van der Waals surface area (Å²) in [7, 11) is -1.85. The Bertz CT molecular complexity index is 869. The van der Waals surface area contributed by atoms with Gasteiger partial charge in [0.2, 0.25) is 10.0 Å². The van der Waals surface area contributed by atoms with Gasteiger partial charge < -0.3 is 10.1 Å². The molecule has 0 fully saturated rings. The molecule has 6 nitrogen and oxygen atoms in total. The van der Waals surface area contributed by atoms with Gasteiger partial charge in [-0.25, -0.2) is 8.42 Å². The Morgan fingerprint density at radius 1 is 1.19 bits per heavy atom. The number of carbonyl (C=O) groups is 1. The van der Waals surface area contributed by atoms with Crippen LogP contribution in [-0.2, 0) is 14.8 Å². The Balaban J connectivity index is 2.07. The number of sulfonamides is 1. The van der Waals surface area contributed by atoms with Gasteiger partial charge in [0, 0.05) is 11.5 Å². The summed E-state index contributed by atoms with van der Waals surface area (Å²) in [5.74, 6) is 0.238. The summed E-state index contributed by atoms with van der Waals surface area (Å²) in [6.07, 6.45) is 0.957. The topological polar surface area (TPSA) is 75.7 Å². The first-order valence-corrected chi connectivity index (χ1v) is 10.6. The van der Waals surface area contributed by atoms with E-state index in [2.05, 4.69) is 21.2 Å². The normalized spacial score (nSPS) is 12.3. The highest BCUT2D eigenvalue weighted by Gasteiger charge is 2.19. The van der Waals surface area contributed by atoms with Gasteiger partial charge in [-0.15, -0.1) is 0 Å². The van der Waals surface area contributed by atoms with E-state index in [9.17, 15) is 13.2 Å². The number of para-hydroxylation sites is 1. The maximum absolute atomic E-state index is 12.5. The fourth-order valence-corrected chi connectivity index (χ4v) is 3.08. The average molecular weight is 441 g/mol. The number of ether oxygens (including phenoxy) is 1. The van der Waals surface area contributed by atoms with Gasteiger partial charge in [-0.3, -0.25) is 9.10 Å². The van der Waals surface area contributed by atoms with Gasteiger partial charge in [-0.1, -0.05) is 19.1 Å². The van der Waals surface area contributed by atoms with Crippen molar-refractivity contribution in [1.29, 1.82) is 0 Å². The maximum Gasteiger partial charge on any atom is 0.265 e. The van der Waals surface area contributed by atoms with E-state index in [4.69, 9.17) is 4.74 Å². The minimum atomic E-state index is -3.32. The Kier molecular flexibility index (Phi) is 6.66. The van der Waals surface area contributed by atoms with Crippen LogP contribution < -0.4 is 14.4 Å². The summed E-state index contributed by atoms with van der Waals surface area (Å²) in [5.41, 5.74) is 1.19. The quantitative estimate of drug-likeness (QED) is 0.712. The molecular weight excluding hydrogens is 420 g/mol. The molecule has 0 bridgehead atoms. The zero-order chi connectivity index (χ0) is 19.3. The van der Waals surface area contributed by atoms with Crippen molar-refractivity contribution >= 4 is 43.2 Å². The summed E-state index contributed by atoms with van der Waals surface area (Å²) in [5, 5.41) is 2.83. The lowest BCUT2D eigenvalue weighted by atomic mass is 10.2. The van der Waals surface area contributed by atoms with E-state index in [1.165, 1.54) is 11.4 Å². The molecule has 8 heteroatoms. The molecule has 2 aromatic rings. The molecule has 26 heavy (non-hydrogen) atoms. The highest BCUT2D eigenvalue weighted by atomic mass is 79.9. The Labute approximate surface area is 162 Å². The van der Waals surface area contributed by atoms with Gasteiger partial charge in [0.1, 0.15) is 5.75 Å². The minimum Gasteiger partial charge on any atom is -0.481 e. The monoisotopic (exact) mass is 440 g/mol. The minimum absolute atomic E-state index is 0.253. The summed E-state index contributed by atoms with van der Waals surface area (Å²) < 4.78 is 30.9. The molecule has 0 aliphatic rings. The lowest BCUT2D eigenvalue weighted by Crippen LogP contribution is -2.32. The van der Waals surface area contributed by atoms with Gasteiger partial charge in [0.25, 0.3) is 5.91 Å². The van der Waals surface area contributed by atoms with Crippen LogP contribution in [0.15, 0.2) is 53.0 Å². The van der Waals surface area contributed by atoms with Crippen molar-refractivity contribution in [3.8, 4) is 5.75 Å². The van der Waals surface area contributed by atoms with Crippen LogP contribution in [0.25, 0.3) is 0 Å². The van der Waals surface area contributed by atoms with Crippen molar-refractivity contribution in [3.05, 3.63) is 53.0 Å². The molecule has 0 saturated heterocycles. The van der Waals surface area contributed by atoms with Crippen molar-refractivity contribution in [3.63, 3.8) is 0 Å². The number of carbonyl (C=O) groups excluding carboxylic acids is 1. The first-order chi connectivity index (χ1) is 12.2. The highest BCUT2D eigenvalue weighted by molar-refractivity contribution is 9.10. The highest BCUT2D eigenvalue weighted by Crippen LogP contribution is 2.24. The molecule has 0 radical (unpaired) electrons. The van der Waals surface area contributed by atoms with Crippen LogP contribution in [0.1, 0.15) is 13.3 Å². The number of anilines is 2. The third-order valence-corrected chi connectivity index (χ3v) is 5.67. The fourth-order valence-electron chi connectivity index (χ4n) is 2.19. The number of rotatable bonds is 7. The van der Waals surface area contributed by atoms with Crippen molar-refractivity contribution in [2.45, 2.75) is 19.4 Å². The van der Waals surface area contributed by atoms with E-state index in [1.54, 1.807) is 30.3 Å². The van der Waals surface area contributed by atoms with Crippen molar-refractivity contribution < 1.29 is 17.9 Å². The van der Waals surface area contributed by atoms with E-state index in [1.807, 2.05) is 25.1 Å². The second-order valence-electron chi connectivity index (χ2n) is 5.71. The van der Waals surface area contributed by atoms with Gasteiger partial charge >= 0.3 is 0 Å². The molecule has 0 aromatic heterocycles. The largest absolute Gasteiger partial charge is 0.481 e. The SMILES string of the molecule is CC[C@H](Oc1ccc(N(C)S(C)(=O)=O)cc1)C(=O)Nc1ccccc1Br. The van der Waals surface area contributed by atoms with Crippen molar-refractivity contribution in [2.24, 2.45) is 0 Å². The van der Waals surface area contributed by atoms with Gasteiger partial charge in [0.15, 0.2) is 6.10 Å².